The minimum absolute atomic E-state index is 0.0810. The first kappa shape index (κ1) is 14.6. The number of halogens is 1. The van der Waals surface area contributed by atoms with Crippen molar-refractivity contribution in [2.45, 2.75) is 11.8 Å². The predicted molar refractivity (Wildman–Crippen MR) is 76.3 cm³/mol. The summed E-state index contributed by atoms with van der Waals surface area (Å²) in [6.45, 7) is 1.58. The van der Waals surface area contributed by atoms with Crippen LogP contribution in [0, 0.1) is 6.92 Å². The lowest BCUT2D eigenvalue weighted by molar-refractivity contribution is 0.474. The van der Waals surface area contributed by atoms with Crippen LogP contribution < -0.4 is 15.6 Å². The molecule has 0 saturated heterocycles. The number of nitrogen functional groups attached to an aromatic ring is 1. The molecule has 1 heterocycles. The van der Waals surface area contributed by atoms with Gasteiger partial charge < -0.3 is 10.5 Å². The van der Waals surface area contributed by atoms with Crippen molar-refractivity contribution in [1.29, 1.82) is 0 Å². The highest BCUT2D eigenvalue weighted by Gasteiger charge is 2.17. The Hall–Kier alpha value is -1.83. The highest BCUT2D eigenvalue weighted by Crippen LogP contribution is 2.32. The molecule has 1 aromatic carbocycles. The highest BCUT2D eigenvalue weighted by atomic mass is 35.5. The Morgan fingerprint density at radius 2 is 1.95 bits per heavy atom. The number of anilines is 1. The van der Waals surface area contributed by atoms with Crippen molar-refractivity contribution in [2.24, 2.45) is 5.14 Å². The molecule has 2 rings (SSSR count). The zero-order chi connectivity index (χ0) is 14.9. The van der Waals surface area contributed by atoms with Gasteiger partial charge in [0.1, 0.15) is 11.5 Å². The van der Waals surface area contributed by atoms with Crippen LogP contribution in [0.5, 0.6) is 11.5 Å². The van der Waals surface area contributed by atoms with Crippen LogP contribution in [0.2, 0.25) is 5.02 Å². The lowest BCUT2D eigenvalue weighted by Gasteiger charge is -2.12. The Morgan fingerprint density at radius 1 is 1.25 bits per heavy atom. The minimum atomic E-state index is -3.88. The number of benzene rings is 1. The van der Waals surface area contributed by atoms with Gasteiger partial charge in [0.2, 0.25) is 10.0 Å². The molecule has 0 fully saturated rings. The van der Waals surface area contributed by atoms with E-state index in [2.05, 4.69) is 4.98 Å². The van der Waals surface area contributed by atoms with E-state index >= 15 is 0 Å². The lowest BCUT2D eigenvalue weighted by atomic mass is 10.2. The van der Waals surface area contributed by atoms with Gasteiger partial charge in [-0.2, -0.15) is 0 Å². The molecule has 0 atom stereocenters. The minimum Gasteiger partial charge on any atom is -0.455 e. The number of nitrogens with two attached hydrogens (primary N) is 2. The molecule has 4 N–H and O–H groups in total. The van der Waals surface area contributed by atoms with Gasteiger partial charge in [0.05, 0.1) is 16.1 Å². The third-order valence-corrected chi connectivity index (χ3v) is 3.79. The third kappa shape index (κ3) is 3.19. The van der Waals surface area contributed by atoms with Crippen molar-refractivity contribution in [3.63, 3.8) is 0 Å². The molecule has 0 bridgehead atoms. The van der Waals surface area contributed by atoms with Crippen LogP contribution in [0.4, 0.5) is 5.69 Å². The van der Waals surface area contributed by atoms with Crippen molar-refractivity contribution < 1.29 is 13.2 Å². The molecule has 8 heteroatoms. The Balaban J connectivity index is 2.50. The summed E-state index contributed by atoms with van der Waals surface area (Å²) < 4.78 is 28.6. The van der Waals surface area contributed by atoms with E-state index in [1.807, 2.05) is 0 Å². The van der Waals surface area contributed by atoms with Crippen LogP contribution in [0.15, 0.2) is 35.5 Å². The number of nitrogens with zero attached hydrogens (tertiary/aromatic N) is 1. The van der Waals surface area contributed by atoms with Crippen LogP contribution in [0.3, 0.4) is 0 Å². The van der Waals surface area contributed by atoms with Gasteiger partial charge in [0.15, 0.2) is 0 Å². The second-order valence-electron chi connectivity index (χ2n) is 4.13. The number of ether oxygens (including phenoxy) is 1. The molecule has 0 aliphatic carbocycles. The fourth-order valence-electron chi connectivity index (χ4n) is 1.66. The maximum atomic E-state index is 11.5. The number of rotatable bonds is 3. The van der Waals surface area contributed by atoms with Gasteiger partial charge in [-0.3, -0.25) is 4.98 Å². The number of sulfonamides is 1. The molecule has 0 unspecified atom stereocenters. The monoisotopic (exact) mass is 313 g/mol. The number of aromatic nitrogens is 1. The van der Waals surface area contributed by atoms with Crippen molar-refractivity contribution in [2.75, 3.05) is 5.73 Å². The normalized spacial score (nSPS) is 11.3. The fourth-order valence-corrected chi connectivity index (χ4v) is 2.65. The van der Waals surface area contributed by atoms with Crippen molar-refractivity contribution in [3.05, 3.63) is 41.2 Å². The third-order valence-electron chi connectivity index (χ3n) is 2.55. The smallest absolute Gasteiger partial charge is 0.238 e. The molecule has 0 saturated carbocycles. The van der Waals surface area contributed by atoms with Gasteiger partial charge >= 0.3 is 0 Å². The SMILES string of the molecule is Cc1c(Oc2cncc(Cl)c2)cc(N)cc1S(N)(=O)=O. The largest absolute Gasteiger partial charge is 0.455 e. The predicted octanol–water partition coefficient (Wildman–Crippen LogP) is 2.07. The average molecular weight is 314 g/mol. The molecule has 0 radical (unpaired) electrons. The maximum Gasteiger partial charge on any atom is 0.238 e. The van der Waals surface area contributed by atoms with E-state index in [0.717, 1.165) is 0 Å². The first-order valence-corrected chi connectivity index (χ1v) is 7.41. The molecule has 0 aliphatic heterocycles. The topological polar surface area (TPSA) is 108 Å². The Bertz CT molecular complexity index is 763. The molecule has 106 valence electrons. The van der Waals surface area contributed by atoms with E-state index in [1.54, 1.807) is 13.0 Å². The Kier molecular flexibility index (Phi) is 3.85. The van der Waals surface area contributed by atoms with Gasteiger partial charge in [0, 0.05) is 29.6 Å². The summed E-state index contributed by atoms with van der Waals surface area (Å²) >= 11 is 5.80. The van der Waals surface area contributed by atoms with Gasteiger partial charge in [-0.15, -0.1) is 0 Å². The van der Waals surface area contributed by atoms with E-state index < -0.39 is 10.0 Å². The second-order valence-corrected chi connectivity index (χ2v) is 6.09. The van der Waals surface area contributed by atoms with Gasteiger partial charge in [-0.25, -0.2) is 13.6 Å². The molecule has 6 nitrogen and oxygen atoms in total. The lowest BCUT2D eigenvalue weighted by Crippen LogP contribution is -2.14. The van der Waals surface area contributed by atoms with Crippen LogP contribution in [-0.2, 0) is 10.0 Å². The standard InChI is InChI=1S/C12H12ClN3O3S/c1-7-11(19-10-2-8(13)5-16-6-10)3-9(14)4-12(7)20(15,17)18/h2-6H,14H2,1H3,(H2,15,17,18). The van der Waals surface area contributed by atoms with E-state index in [9.17, 15) is 8.42 Å². The number of hydrogen-bond donors (Lipinski definition) is 2. The van der Waals surface area contributed by atoms with E-state index in [-0.39, 0.29) is 16.3 Å². The zero-order valence-electron chi connectivity index (χ0n) is 10.5. The van der Waals surface area contributed by atoms with Crippen LogP contribution in [-0.4, -0.2) is 13.4 Å². The van der Waals surface area contributed by atoms with Crippen molar-refractivity contribution in [3.8, 4) is 11.5 Å². The summed E-state index contributed by atoms with van der Waals surface area (Å²) in [6.07, 6.45) is 2.90. The molecule has 2 aromatic rings. The first-order valence-electron chi connectivity index (χ1n) is 5.48. The molecule has 0 amide bonds. The van der Waals surface area contributed by atoms with Crippen LogP contribution >= 0.6 is 11.6 Å². The molecule has 1 aromatic heterocycles. The maximum absolute atomic E-state index is 11.5. The zero-order valence-corrected chi connectivity index (χ0v) is 12.1. The van der Waals surface area contributed by atoms with Gasteiger partial charge in [0.25, 0.3) is 0 Å². The molecule has 20 heavy (non-hydrogen) atoms. The van der Waals surface area contributed by atoms with E-state index in [4.69, 9.17) is 27.2 Å². The van der Waals surface area contributed by atoms with Gasteiger partial charge in [-0.05, 0) is 13.0 Å². The summed E-state index contributed by atoms with van der Waals surface area (Å²) in [5.74, 6) is 0.643. The molecular formula is C12H12ClN3O3S. The summed E-state index contributed by atoms with van der Waals surface area (Å²) in [7, 11) is -3.88. The molecular weight excluding hydrogens is 302 g/mol. The van der Waals surface area contributed by atoms with Crippen molar-refractivity contribution in [1.82, 2.24) is 4.98 Å². The molecule has 0 aliphatic rings. The molecule has 0 spiro atoms. The summed E-state index contributed by atoms with van der Waals surface area (Å²) in [4.78, 5) is 3.79. The van der Waals surface area contributed by atoms with Crippen LogP contribution in [0.25, 0.3) is 0 Å². The second kappa shape index (κ2) is 5.28. The number of primary sulfonamides is 1. The summed E-state index contributed by atoms with van der Waals surface area (Å²) in [5, 5.41) is 5.54. The average Bonchev–Trinajstić information content (AvgIpc) is 2.32. The van der Waals surface area contributed by atoms with Gasteiger partial charge in [-0.1, -0.05) is 11.6 Å². The summed E-state index contributed by atoms with van der Waals surface area (Å²) in [6, 6.07) is 4.34. The van der Waals surface area contributed by atoms with Crippen molar-refractivity contribution >= 4 is 27.3 Å². The highest BCUT2D eigenvalue weighted by molar-refractivity contribution is 7.89. The quantitative estimate of drug-likeness (QED) is 0.843. The van der Waals surface area contributed by atoms with E-state index in [1.165, 1.54) is 24.5 Å². The van der Waals surface area contributed by atoms with E-state index in [0.29, 0.717) is 16.3 Å². The summed E-state index contributed by atoms with van der Waals surface area (Å²) in [5.41, 5.74) is 6.26. The first-order chi connectivity index (χ1) is 9.27. The Labute approximate surface area is 121 Å². The fraction of sp³-hybridized carbons (Fsp3) is 0.0833. The number of hydrogen-bond acceptors (Lipinski definition) is 5. The van der Waals surface area contributed by atoms with Crippen LogP contribution in [0.1, 0.15) is 5.56 Å². The number of pyridine rings is 1. The Morgan fingerprint density at radius 3 is 2.55 bits per heavy atom.